The highest BCUT2D eigenvalue weighted by atomic mass is 16.5. The van der Waals surface area contributed by atoms with Crippen molar-refractivity contribution in [1.82, 2.24) is 15.1 Å². The van der Waals surface area contributed by atoms with Crippen molar-refractivity contribution in [2.45, 2.75) is 26.7 Å². The summed E-state index contributed by atoms with van der Waals surface area (Å²) in [6.07, 6.45) is 1.50. The molecule has 0 bridgehead atoms. The topological polar surface area (TPSA) is 81.4 Å². The molecule has 0 atom stereocenters. The number of aryl methyl sites for hydroxylation is 1. The van der Waals surface area contributed by atoms with Gasteiger partial charge >= 0.3 is 5.97 Å². The first kappa shape index (κ1) is 21.1. The Labute approximate surface area is 192 Å². The molecule has 0 aliphatic carbocycles. The quantitative estimate of drug-likeness (QED) is 0.401. The molecule has 7 nitrogen and oxygen atoms in total. The molecule has 2 aromatic heterocycles. The summed E-state index contributed by atoms with van der Waals surface area (Å²) in [6, 6.07) is 18.0. The maximum atomic E-state index is 12.1. The molecular formula is C26H26N4O3. The van der Waals surface area contributed by atoms with E-state index >= 15 is 0 Å². The van der Waals surface area contributed by atoms with Gasteiger partial charge in [-0.3, -0.25) is 4.79 Å². The number of fused-ring (bicyclic) bond motifs is 1. The van der Waals surface area contributed by atoms with Crippen LogP contribution in [0.4, 0.5) is 5.82 Å². The number of hydrogen-bond acceptors (Lipinski definition) is 7. The first-order valence-corrected chi connectivity index (χ1v) is 11.3. The van der Waals surface area contributed by atoms with E-state index in [4.69, 9.17) is 14.2 Å². The zero-order valence-corrected chi connectivity index (χ0v) is 18.8. The average Bonchev–Trinajstić information content (AvgIpc) is 3.34. The lowest BCUT2D eigenvalue weighted by atomic mass is 9.97. The van der Waals surface area contributed by atoms with Crippen LogP contribution in [0.1, 0.15) is 25.3 Å². The summed E-state index contributed by atoms with van der Waals surface area (Å²) in [5.74, 6) is 1.73. The fraction of sp³-hybridized carbons (Fsp3) is 0.308. The number of anilines is 1. The minimum atomic E-state index is -0.0983. The van der Waals surface area contributed by atoms with E-state index in [1.165, 1.54) is 5.56 Å². The fourth-order valence-corrected chi connectivity index (χ4v) is 4.26. The molecule has 0 amide bonds. The predicted octanol–water partition coefficient (Wildman–Crippen LogP) is 5.04. The number of benzene rings is 2. The van der Waals surface area contributed by atoms with Crippen molar-refractivity contribution in [1.29, 1.82) is 0 Å². The molecule has 0 radical (unpaired) electrons. The number of aromatic nitrogens is 3. The first-order valence-electron chi connectivity index (χ1n) is 11.3. The Hall–Kier alpha value is -3.74. The molecule has 0 saturated carbocycles. The van der Waals surface area contributed by atoms with Gasteiger partial charge in [0.2, 0.25) is 5.82 Å². The van der Waals surface area contributed by atoms with E-state index in [2.05, 4.69) is 15.0 Å². The molecule has 0 unspecified atom stereocenters. The minimum Gasteiger partial charge on any atom is -0.466 e. The lowest BCUT2D eigenvalue weighted by Crippen LogP contribution is -2.37. The molecular weight excluding hydrogens is 416 g/mol. The standard InChI is InChI=1S/C26H26N4O3/c1-3-32-26(31)19-12-14-30(15-13-19)23-16-21(20-6-4-5-7-22(20)27-23)25-28-24(29-33-25)18-10-8-17(2)9-11-18/h4-11,16,19H,3,12-15H2,1-2H3. The second-order valence-corrected chi connectivity index (χ2v) is 8.35. The Kier molecular flexibility index (Phi) is 5.77. The molecule has 33 heavy (non-hydrogen) atoms. The summed E-state index contributed by atoms with van der Waals surface area (Å²) in [5.41, 5.74) is 3.82. The Morgan fingerprint density at radius 3 is 2.61 bits per heavy atom. The summed E-state index contributed by atoms with van der Waals surface area (Å²) >= 11 is 0. The van der Waals surface area contributed by atoms with Crippen molar-refractivity contribution in [3.63, 3.8) is 0 Å². The van der Waals surface area contributed by atoms with Crippen LogP contribution in [0.2, 0.25) is 0 Å². The van der Waals surface area contributed by atoms with Gasteiger partial charge in [-0.1, -0.05) is 53.2 Å². The number of carbonyl (C=O) groups is 1. The SMILES string of the molecule is CCOC(=O)C1CCN(c2cc(-c3nc(-c4ccc(C)cc4)no3)c3ccccc3n2)CC1. The molecule has 7 heteroatoms. The maximum Gasteiger partial charge on any atom is 0.309 e. The van der Waals surface area contributed by atoms with Gasteiger partial charge in [-0.25, -0.2) is 4.98 Å². The van der Waals surface area contributed by atoms with E-state index in [0.717, 1.165) is 53.8 Å². The van der Waals surface area contributed by atoms with E-state index in [-0.39, 0.29) is 11.9 Å². The van der Waals surface area contributed by atoms with Gasteiger partial charge in [0.1, 0.15) is 5.82 Å². The number of esters is 1. The highest BCUT2D eigenvalue weighted by Crippen LogP contribution is 2.33. The second kappa shape index (κ2) is 9.02. The van der Waals surface area contributed by atoms with Crippen molar-refractivity contribution < 1.29 is 14.1 Å². The lowest BCUT2D eigenvalue weighted by molar-refractivity contribution is -0.148. The molecule has 2 aromatic carbocycles. The lowest BCUT2D eigenvalue weighted by Gasteiger charge is -2.32. The van der Waals surface area contributed by atoms with E-state index in [0.29, 0.717) is 18.3 Å². The van der Waals surface area contributed by atoms with Gasteiger partial charge in [0.25, 0.3) is 5.89 Å². The zero-order valence-electron chi connectivity index (χ0n) is 18.8. The predicted molar refractivity (Wildman–Crippen MR) is 127 cm³/mol. The van der Waals surface area contributed by atoms with Crippen LogP contribution in [0, 0.1) is 12.8 Å². The van der Waals surface area contributed by atoms with Crippen LogP contribution in [-0.2, 0) is 9.53 Å². The van der Waals surface area contributed by atoms with Gasteiger partial charge < -0.3 is 14.2 Å². The summed E-state index contributed by atoms with van der Waals surface area (Å²) in [7, 11) is 0. The molecule has 0 spiro atoms. The molecule has 1 saturated heterocycles. The number of piperidine rings is 1. The monoisotopic (exact) mass is 442 g/mol. The maximum absolute atomic E-state index is 12.1. The Bertz CT molecular complexity index is 1270. The van der Waals surface area contributed by atoms with Crippen LogP contribution < -0.4 is 4.90 Å². The van der Waals surface area contributed by atoms with Crippen LogP contribution in [0.15, 0.2) is 59.1 Å². The van der Waals surface area contributed by atoms with Crippen molar-refractivity contribution in [3.05, 3.63) is 60.2 Å². The summed E-state index contributed by atoms with van der Waals surface area (Å²) in [5, 5.41) is 5.18. The number of rotatable bonds is 5. The smallest absolute Gasteiger partial charge is 0.309 e. The van der Waals surface area contributed by atoms with Crippen molar-refractivity contribution in [2.24, 2.45) is 5.92 Å². The third kappa shape index (κ3) is 4.31. The summed E-state index contributed by atoms with van der Waals surface area (Å²) < 4.78 is 10.9. The van der Waals surface area contributed by atoms with Gasteiger partial charge in [-0.15, -0.1) is 0 Å². The van der Waals surface area contributed by atoms with Crippen LogP contribution in [0.3, 0.4) is 0 Å². The molecule has 1 aliphatic rings. The van der Waals surface area contributed by atoms with Crippen molar-refractivity contribution in [2.75, 3.05) is 24.6 Å². The number of pyridine rings is 1. The molecule has 168 valence electrons. The van der Waals surface area contributed by atoms with Crippen LogP contribution in [0.25, 0.3) is 33.7 Å². The zero-order chi connectivity index (χ0) is 22.8. The highest BCUT2D eigenvalue weighted by Gasteiger charge is 2.27. The van der Waals surface area contributed by atoms with E-state index < -0.39 is 0 Å². The van der Waals surface area contributed by atoms with Crippen LogP contribution >= 0.6 is 0 Å². The van der Waals surface area contributed by atoms with E-state index in [1.807, 2.05) is 68.4 Å². The third-order valence-electron chi connectivity index (χ3n) is 6.11. The van der Waals surface area contributed by atoms with Gasteiger partial charge in [0.05, 0.1) is 23.6 Å². The third-order valence-corrected chi connectivity index (χ3v) is 6.11. The normalized spacial score (nSPS) is 14.5. The van der Waals surface area contributed by atoms with Crippen LogP contribution in [-0.4, -0.2) is 40.8 Å². The largest absolute Gasteiger partial charge is 0.466 e. The number of para-hydroxylation sites is 1. The molecule has 3 heterocycles. The Morgan fingerprint density at radius 1 is 1.09 bits per heavy atom. The molecule has 1 aliphatic heterocycles. The Morgan fingerprint density at radius 2 is 1.85 bits per heavy atom. The summed E-state index contributed by atoms with van der Waals surface area (Å²) in [6.45, 7) is 5.80. The minimum absolute atomic E-state index is 0.0471. The van der Waals surface area contributed by atoms with E-state index in [1.54, 1.807) is 0 Å². The highest BCUT2D eigenvalue weighted by molar-refractivity contribution is 5.94. The Balaban J connectivity index is 1.46. The molecule has 5 rings (SSSR count). The number of ether oxygens (including phenoxy) is 1. The number of nitrogens with zero attached hydrogens (tertiary/aromatic N) is 4. The molecule has 4 aromatic rings. The van der Waals surface area contributed by atoms with Crippen molar-refractivity contribution >= 4 is 22.7 Å². The van der Waals surface area contributed by atoms with E-state index in [9.17, 15) is 4.79 Å². The summed E-state index contributed by atoms with van der Waals surface area (Å²) in [4.78, 5) is 23.9. The van der Waals surface area contributed by atoms with Gasteiger partial charge in [0.15, 0.2) is 0 Å². The van der Waals surface area contributed by atoms with Gasteiger partial charge in [-0.2, -0.15) is 4.98 Å². The van der Waals surface area contributed by atoms with Gasteiger partial charge in [0, 0.05) is 24.0 Å². The average molecular weight is 443 g/mol. The number of hydrogen-bond donors (Lipinski definition) is 0. The molecule has 0 N–H and O–H groups in total. The van der Waals surface area contributed by atoms with Crippen LogP contribution in [0.5, 0.6) is 0 Å². The fourth-order valence-electron chi connectivity index (χ4n) is 4.26. The molecule has 1 fully saturated rings. The van der Waals surface area contributed by atoms with Crippen molar-refractivity contribution in [3.8, 4) is 22.8 Å². The second-order valence-electron chi connectivity index (χ2n) is 8.35. The van der Waals surface area contributed by atoms with Gasteiger partial charge in [-0.05, 0) is 38.8 Å². The number of carbonyl (C=O) groups excluding carboxylic acids is 1. The first-order chi connectivity index (χ1) is 16.1.